The molecule has 0 amide bonds. The summed E-state index contributed by atoms with van der Waals surface area (Å²) < 4.78 is 37.2. The second-order valence-corrected chi connectivity index (χ2v) is 9.92. The molecule has 0 saturated carbocycles. The minimum Gasteiger partial charge on any atom is -0.381 e. The van der Waals surface area contributed by atoms with E-state index in [0.717, 1.165) is 63.5 Å². The highest BCUT2D eigenvalue weighted by atomic mass is 32.2. The first-order valence-corrected chi connectivity index (χ1v) is 10.9. The van der Waals surface area contributed by atoms with Gasteiger partial charge in [0.2, 0.25) is 15.9 Å². The molecule has 3 heterocycles. The van der Waals surface area contributed by atoms with Gasteiger partial charge in [0.05, 0.1) is 5.25 Å². The fourth-order valence-electron chi connectivity index (χ4n) is 3.60. The van der Waals surface area contributed by atoms with Crippen LogP contribution in [-0.2, 0) is 21.2 Å². The van der Waals surface area contributed by atoms with Gasteiger partial charge in [-0.1, -0.05) is 5.16 Å². The van der Waals surface area contributed by atoms with Gasteiger partial charge in [-0.2, -0.15) is 4.98 Å². The molecule has 1 atom stereocenters. The van der Waals surface area contributed by atoms with Crippen LogP contribution < -0.4 is 0 Å². The van der Waals surface area contributed by atoms with Gasteiger partial charge in [0.1, 0.15) is 0 Å². The van der Waals surface area contributed by atoms with Gasteiger partial charge in [-0.05, 0) is 51.9 Å². The Kier molecular flexibility index (Phi) is 6.12. The van der Waals surface area contributed by atoms with E-state index in [1.807, 2.05) is 0 Å². The van der Waals surface area contributed by atoms with Crippen LogP contribution in [0.5, 0.6) is 0 Å². The number of nitrogens with zero attached hydrogens (tertiary/aromatic N) is 3. The van der Waals surface area contributed by atoms with Crippen LogP contribution in [0.25, 0.3) is 0 Å². The number of aromatic nitrogens is 2. The van der Waals surface area contributed by atoms with Crippen LogP contribution in [0.15, 0.2) is 4.52 Å². The summed E-state index contributed by atoms with van der Waals surface area (Å²) in [4.78, 5) is 4.55. The van der Waals surface area contributed by atoms with Gasteiger partial charge < -0.3 is 9.26 Å². The average molecular weight is 372 g/mol. The van der Waals surface area contributed by atoms with E-state index in [4.69, 9.17) is 9.26 Å². The maximum absolute atomic E-state index is 12.4. The number of rotatable bonds is 6. The molecule has 1 aromatic rings. The Morgan fingerprint density at radius 1 is 1.24 bits per heavy atom. The molecule has 0 N–H and O–H groups in total. The largest absolute Gasteiger partial charge is 0.381 e. The molecule has 8 heteroatoms. The zero-order valence-electron chi connectivity index (χ0n) is 15.2. The second kappa shape index (κ2) is 8.14. The van der Waals surface area contributed by atoms with Gasteiger partial charge in [0, 0.05) is 38.6 Å². The van der Waals surface area contributed by atoms with Crippen molar-refractivity contribution in [2.24, 2.45) is 5.92 Å². The SMILES string of the molecule is CC(C)S(=O)(=O)N1CCCC(CCc2noc(C3CCOCC3)n2)C1. The number of hydrogen-bond donors (Lipinski definition) is 0. The lowest BCUT2D eigenvalue weighted by Gasteiger charge is -2.33. The summed E-state index contributed by atoms with van der Waals surface area (Å²) in [5.74, 6) is 2.15. The molecule has 0 aromatic carbocycles. The summed E-state index contributed by atoms with van der Waals surface area (Å²) in [7, 11) is -3.15. The molecule has 7 nitrogen and oxygen atoms in total. The summed E-state index contributed by atoms with van der Waals surface area (Å²) >= 11 is 0. The molecular formula is C17H29N3O4S. The quantitative estimate of drug-likeness (QED) is 0.763. The van der Waals surface area contributed by atoms with Gasteiger partial charge >= 0.3 is 0 Å². The normalized spacial score (nSPS) is 24.0. The van der Waals surface area contributed by atoms with Gasteiger partial charge in [0.25, 0.3) is 0 Å². The predicted octanol–water partition coefficient (Wildman–Crippen LogP) is 2.35. The number of hydrogen-bond acceptors (Lipinski definition) is 6. The van der Waals surface area contributed by atoms with Crippen molar-refractivity contribution in [3.8, 4) is 0 Å². The summed E-state index contributed by atoms with van der Waals surface area (Å²) in [5.41, 5.74) is 0. The second-order valence-electron chi connectivity index (χ2n) is 7.43. The molecule has 2 saturated heterocycles. The summed E-state index contributed by atoms with van der Waals surface area (Å²) in [6, 6.07) is 0. The molecule has 2 aliphatic rings. The smallest absolute Gasteiger partial charge is 0.229 e. The van der Waals surface area contributed by atoms with Crippen molar-refractivity contribution in [2.75, 3.05) is 26.3 Å². The molecule has 3 rings (SSSR count). The number of aryl methyl sites for hydroxylation is 1. The van der Waals surface area contributed by atoms with Crippen LogP contribution in [0.4, 0.5) is 0 Å². The Labute approximate surface area is 150 Å². The van der Waals surface area contributed by atoms with Crippen LogP contribution >= 0.6 is 0 Å². The Balaban J connectivity index is 1.52. The zero-order chi connectivity index (χ0) is 17.9. The van der Waals surface area contributed by atoms with Crippen molar-refractivity contribution >= 4 is 10.0 Å². The lowest BCUT2D eigenvalue weighted by atomic mass is 9.94. The monoisotopic (exact) mass is 371 g/mol. The first kappa shape index (κ1) is 18.8. The van der Waals surface area contributed by atoms with E-state index in [0.29, 0.717) is 24.9 Å². The molecule has 2 fully saturated rings. The Morgan fingerprint density at radius 3 is 2.72 bits per heavy atom. The summed E-state index contributed by atoms with van der Waals surface area (Å²) in [6.45, 7) is 6.26. The molecule has 2 aliphatic heterocycles. The molecule has 0 spiro atoms. The zero-order valence-corrected chi connectivity index (χ0v) is 16.0. The van der Waals surface area contributed by atoms with E-state index < -0.39 is 10.0 Å². The Bertz CT molecular complexity index is 653. The van der Waals surface area contributed by atoms with Crippen molar-refractivity contribution in [1.82, 2.24) is 14.4 Å². The van der Waals surface area contributed by atoms with E-state index in [1.54, 1.807) is 18.2 Å². The maximum Gasteiger partial charge on any atom is 0.229 e. The highest BCUT2D eigenvalue weighted by Gasteiger charge is 2.31. The maximum atomic E-state index is 12.4. The molecule has 0 radical (unpaired) electrons. The third-order valence-corrected chi connectivity index (χ3v) is 7.51. The van der Waals surface area contributed by atoms with Crippen molar-refractivity contribution in [2.45, 2.75) is 63.5 Å². The van der Waals surface area contributed by atoms with Gasteiger partial charge in [0.15, 0.2) is 5.82 Å². The first-order valence-electron chi connectivity index (χ1n) is 9.36. The molecular weight excluding hydrogens is 342 g/mol. The van der Waals surface area contributed by atoms with Crippen LogP contribution in [0, 0.1) is 5.92 Å². The number of sulfonamides is 1. The Hall–Kier alpha value is -0.990. The van der Waals surface area contributed by atoms with Crippen molar-refractivity contribution in [3.05, 3.63) is 11.7 Å². The fourth-order valence-corrected chi connectivity index (χ4v) is 5.00. The minimum atomic E-state index is -3.15. The van der Waals surface area contributed by atoms with E-state index >= 15 is 0 Å². The van der Waals surface area contributed by atoms with Gasteiger partial charge in [-0.25, -0.2) is 12.7 Å². The van der Waals surface area contributed by atoms with E-state index in [9.17, 15) is 8.42 Å². The van der Waals surface area contributed by atoms with Crippen LogP contribution in [0.2, 0.25) is 0 Å². The standard InChI is InChI=1S/C17H29N3O4S/c1-13(2)25(21,22)20-9-3-4-14(12-20)5-6-16-18-17(24-19-16)15-7-10-23-11-8-15/h13-15H,3-12H2,1-2H3. The topological polar surface area (TPSA) is 85.5 Å². The minimum absolute atomic E-state index is 0.316. The van der Waals surface area contributed by atoms with Gasteiger partial charge in [-0.15, -0.1) is 0 Å². The molecule has 1 aromatic heterocycles. The van der Waals surface area contributed by atoms with Crippen molar-refractivity contribution in [1.29, 1.82) is 0 Å². The molecule has 1 unspecified atom stereocenters. The average Bonchev–Trinajstić information content (AvgIpc) is 3.10. The lowest BCUT2D eigenvalue weighted by molar-refractivity contribution is 0.0778. The summed E-state index contributed by atoms with van der Waals surface area (Å²) in [5, 5.41) is 3.76. The molecule has 142 valence electrons. The Morgan fingerprint density at radius 2 is 2.00 bits per heavy atom. The lowest BCUT2D eigenvalue weighted by Crippen LogP contribution is -2.43. The van der Waals surface area contributed by atoms with Crippen LogP contribution in [0.3, 0.4) is 0 Å². The number of ether oxygens (including phenoxy) is 1. The highest BCUT2D eigenvalue weighted by Crippen LogP contribution is 2.27. The third kappa shape index (κ3) is 4.60. The van der Waals surface area contributed by atoms with Crippen LogP contribution in [-0.4, -0.2) is 54.4 Å². The predicted molar refractivity (Wildman–Crippen MR) is 93.8 cm³/mol. The first-order chi connectivity index (χ1) is 12.0. The number of piperidine rings is 1. The van der Waals surface area contributed by atoms with E-state index in [2.05, 4.69) is 10.1 Å². The van der Waals surface area contributed by atoms with Crippen LogP contribution in [0.1, 0.15) is 63.6 Å². The van der Waals surface area contributed by atoms with E-state index in [-0.39, 0.29) is 5.25 Å². The molecule has 0 aliphatic carbocycles. The molecule has 0 bridgehead atoms. The van der Waals surface area contributed by atoms with Gasteiger partial charge in [-0.3, -0.25) is 0 Å². The van der Waals surface area contributed by atoms with E-state index in [1.165, 1.54) is 0 Å². The summed E-state index contributed by atoms with van der Waals surface area (Å²) in [6.07, 6.45) is 5.51. The fraction of sp³-hybridized carbons (Fsp3) is 0.882. The van der Waals surface area contributed by atoms with Crippen molar-refractivity contribution < 1.29 is 17.7 Å². The third-order valence-electron chi connectivity index (χ3n) is 5.27. The highest BCUT2D eigenvalue weighted by molar-refractivity contribution is 7.89. The van der Waals surface area contributed by atoms with Crippen molar-refractivity contribution in [3.63, 3.8) is 0 Å². The molecule has 25 heavy (non-hydrogen) atoms.